The van der Waals surface area contributed by atoms with Crippen molar-refractivity contribution >= 4 is 23.9 Å². The molecule has 2 fully saturated rings. The Morgan fingerprint density at radius 2 is 1.51 bits per heavy atom. The van der Waals surface area contributed by atoms with Crippen LogP contribution in [0.4, 0.5) is 0 Å². The molecule has 1 aromatic rings. The van der Waals surface area contributed by atoms with Gasteiger partial charge in [-0.3, -0.25) is 14.4 Å². The number of esters is 4. The van der Waals surface area contributed by atoms with Crippen LogP contribution in [0.2, 0.25) is 0 Å². The molecule has 8 atom stereocenters. The fourth-order valence-corrected chi connectivity index (χ4v) is 7.62. The summed E-state index contributed by atoms with van der Waals surface area (Å²) in [5.74, 6) is -3.21. The maximum Gasteiger partial charge on any atom is 0.338 e. The predicted molar refractivity (Wildman–Crippen MR) is 154 cm³/mol. The van der Waals surface area contributed by atoms with E-state index in [1.54, 1.807) is 58.0 Å². The van der Waals surface area contributed by atoms with Crippen LogP contribution in [0.3, 0.4) is 0 Å². The highest BCUT2D eigenvalue weighted by Crippen LogP contribution is 2.65. The fourth-order valence-electron chi connectivity index (χ4n) is 7.62. The van der Waals surface area contributed by atoms with Gasteiger partial charge in [0.05, 0.1) is 22.7 Å². The average Bonchev–Trinajstić information content (AvgIpc) is 3.13. The second-order valence-corrected chi connectivity index (χ2v) is 12.8. The Balaban J connectivity index is 2.07. The number of ether oxygens (including phenoxy) is 4. The molecule has 10 nitrogen and oxygen atoms in total. The predicted octanol–water partition coefficient (Wildman–Crippen LogP) is 3.83. The summed E-state index contributed by atoms with van der Waals surface area (Å²) in [6.45, 7) is 14.8. The Morgan fingerprint density at radius 1 is 0.930 bits per heavy atom. The van der Waals surface area contributed by atoms with Crippen molar-refractivity contribution in [2.24, 2.45) is 16.7 Å². The molecule has 0 heterocycles. The summed E-state index contributed by atoms with van der Waals surface area (Å²) < 4.78 is 23.9. The summed E-state index contributed by atoms with van der Waals surface area (Å²) >= 11 is 0. The zero-order chi connectivity index (χ0) is 32.1. The van der Waals surface area contributed by atoms with E-state index in [1.165, 1.54) is 20.8 Å². The zero-order valence-corrected chi connectivity index (χ0v) is 25.8. The molecule has 0 saturated heterocycles. The molecule has 3 aliphatic rings. The van der Waals surface area contributed by atoms with Crippen molar-refractivity contribution in [1.82, 2.24) is 0 Å². The van der Waals surface area contributed by atoms with Gasteiger partial charge in [-0.2, -0.15) is 0 Å². The summed E-state index contributed by atoms with van der Waals surface area (Å²) in [5, 5.41) is 23.1. The number of hydrogen-bond acceptors (Lipinski definition) is 10. The van der Waals surface area contributed by atoms with E-state index >= 15 is 0 Å². The van der Waals surface area contributed by atoms with Crippen molar-refractivity contribution in [2.75, 3.05) is 0 Å². The minimum atomic E-state index is -1.50. The number of benzene rings is 1. The van der Waals surface area contributed by atoms with Gasteiger partial charge in [-0.05, 0) is 62.0 Å². The van der Waals surface area contributed by atoms with Gasteiger partial charge in [0.15, 0.2) is 12.2 Å². The molecule has 2 N–H and O–H groups in total. The van der Waals surface area contributed by atoms with Crippen LogP contribution in [-0.4, -0.2) is 70.2 Å². The van der Waals surface area contributed by atoms with Crippen molar-refractivity contribution in [3.8, 4) is 0 Å². The molecule has 0 amide bonds. The van der Waals surface area contributed by atoms with Crippen molar-refractivity contribution in [1.29, 1.82) is 0 Å². The lowest BCUT2D eigenvalue weighted by molar-refractivity contribution is -0.195. The molecule has 1 unspecified atom stereocenters. The zero-order valence-electron chi connectivity index (χ0n) is 25.8. The Labute approximate surface area is 252 Å². The van der Waals surface area contributed by atoms with Crippen molar-refractivity contribution < 1.29 is 48.3 Å². The first-order valence-corrected chi connectivity index (χ1v) is 14.5. The molecule has 1 aromatic carbocycles. The van der Waals surface area contributed by atoms with Crippen molar-refractivity contribution in [3.63, 3.8) is 0 Å². The largest absolute Gasteiger partial charge is 0.462 e. The molecule has 0 aromatic heterocycles. The summed E-state index contributed by atoms with van der Waals surface area (Å²) in [5.41, 5.74) is -2.30. The Hall–Kier alpha value is -3.50. The number of carbonyl (C=O) groups excluding carboxylic acids is 4. The van der Waals surface area contributed by atoms with Crippen LogP contribution in [0.25, 0.3) is 0 Å². The van der Waals surface area contributed by atoms with E-state index in [-0.39, 0.29) is 24.8 Å². The van der Waals surface area contributed by atoms with Crippen LogP contribution < -0.4 is 0 Å². The second-order valence-electron chi connectivity index (χ2n) is 12.8. The normalized spacial score (nSPS) is 33.9. The quantitative estimate of drug-likeness (QED) is 0.281. The Kier molecular flexibility index (Phi) is 8.70. The minimum absolute atomic E-state index is 0.0217. The van der Waals surface area contributed by atoms with E-state index in [2.05, 4.69) is 6.58 Å². The first-order chi connectivity index (χ1) is 19.9. The maximum atomic E-state index is 13.7. The standard InChI is InChI=1S/C33H42O10/c1-17-23-15-33(31(6,7)39)16-25(40-19(3)34)18(2)27(33)28(43-30(38)22-12-10-9-11-13-22)29(42-21(5)36)32(23,8)26(14-24(17)37)41-20(4)35/h9-13,23-26,28-29,37,39H,1,14-16H2,2-8H3/t23?,24-,25-,26-,28+,29-,32-,33-/m0/s1. The van der Waals surface area contributed by atoms with Gasteiger partial charge in [-0.25, -0.2) is 4.79 Å². The highest BCUT2D eigenvalue weighted by molar-refractivity contribution is 5.89. The van der Waals surface area contributed by atoms with Gasteiger partial charge in [-0.15, -0.1) is 0 Å². The molecule has 4 rings (SSSR count). The van der Waals surface area contributed by atoms with Gasteiger partial charge < -0.3 is 29.2 Å². The monoisotopic (exact) mass is 598 g/mol. The molecule has 0 bridgehead atoms. The van der Waals surface area contributed by atoms with Gasteiger partial charge in [0.1, 0.15) is 12.2 Å². The molecule has 10 heteroatoms. The van der Waals surface area contributed by atoms with Crippen LogP contribution in [0.5, 0.6) is 0 Å². The van der Waals surface area contributed by atoms with Crippen LogP contribution >= 0.6 is 0 Å². The van der Waals surface area contributed by atoms with E-state index in [9.17, 15) is 29.4 Å². The van der Waals surface area contributed by atoms with Crippen molar-refractivity contribution in [2.45, 2.75) is 104 Å². The van der Waals surface area contributed by atoms with E-state index in [1.807, 2.05) is 0 Å². The Bertz CT molecular complexity index is 1340. The molecule has 2 saturated carbocycles. The highest BCUT2D eigenvalue weighted by atomic mass is 16.6. The van der Waals surface area contributed by atoms with Crippen LogP contribution in [0.1, 0.15) is 78.1 Å². The molecular weight excluding hydrogens is 556 g/mol. The van der Waals surface area contributed by atoms with Crippen LogP contribution in [0, 0.1) is 16.7 Å². The first-order valence-electron chi connectivity index (χ1n) is 14.5. The number of rotatable bonds is 6. The molecule has 0 spiro atoms. The second kappa shape index (κ2) is 11.5. The Morgan fingerprint density at radius 3 is 2.05 bits per heavy atom. The molecule has 43 heavy (non-hydrogen) atoms. The lowest BCUT2D eigenvalue weighted by Crippen LogP contribution is -2.60. The van der Waals surface area contributed by atoms with Gasteiger partial charge in [0.25, 0.3) is 0 Å². The van der Waals surface area contributed by atoms with E-state index in [0.717, 1.165) is 0 Å². The highest BCUT2D eigenvalue weighted by Gasteiger charge is 2.69. The number of fused-ring (bicyclic) bond motifs is 2. The lowest BCUT2D eigenvalue weighted by atomic mass is 9.56. The lowest BCUT2D eigenvalue weighted by Gasteiger charge is -2.53. The summed E-state index contributed by atoms with van der Waals surface area (Å²) in [6, 6.07) is 8.31. The van der Waals surface area contributed by atoms with E-state index < -0.39 is 76.7 Å². The number of aliphatic hydroxyl groups excluding tert-OH is 1. The van der Waals surface area contributed by atoms with Crippen molar-refractivity contribution in [3.05, 3.63) is 59.2 Å². The third-order valence-electron chi connectivity index (χ3n) is 9.76. The molecule has 3 aliphatic carbocycles. The molecule has 0 aliphatic heterocycles. The van der Waals surface area contributed by atoms with Crippen LogP contribution in [0.15, 0.2) is 53.6 Å². The first kappa shape index (κ1) is 32.4. The summed E-state index contributed by atoms with van der Waals surface area (Å²) in [4.78, 5) is 51.1. The van der Waals surface area contributed by atoms with E-state index in [4.69, 9.17) is 18.9 Å². The SMILES string of the molecule is C=C1C2C[C@]3(C(C)(C)O)C[C@H](OC(C)=O)C(C)=C3[C@@H](OC(=O)c3ccccc3)[C@H](OC(C)=O)[C@]2(C)[C@@H](OC(C)=O)C[C@@H]1O. The molecule has 234 valence electrons. The number of aliphatic hydroxyl groups is 2. The fraction of sp³-hybridized carbons (Fsp3) is 0.576. The van der Waals surface area contributed by atoms with Gasteiger partial charge >= 0.3 is 23.9 Å². The van der Waals surface area contributed by atoms with Gasteiger partial charge in [0, 0.05) is 39.0 Å². The van der Waals surface area contributed by atoms with Gasteiger partial charge in [0.2, 0.25) is 0 Å². The van der Waals surface area contributed by atoms with E-state index in [0.29, 0.717) is 16.7 Å². The summed E-state index contributed by atoms with van der Waals surface area (Å²) in [6.07, 6.45) is -5.10. The third kappa shape index (κ3) is 5.62. The number of carbonyl (C=O) groups is 4. The maximum absolute atomic E-state index is 13.7. The average molecular weight is 599 g/mol. The smallest absolute Gasteiger partial charge is 0.338 e. The minimum Gasteiger partial charge on any atom is -0.462 e. The van der Waals surface area contributed by atoms with Crippen LogP contribution in [-0.2, 0) is 33.3 Å². The molecular formula is C33H42O10. The summed E-state index contributed by atoms with van der Waals surface area (Å²) in [7, 11) is 0. The number of hydrogen-bond donors (Lipinski definition) is 2. The molecule has 0 radical (unpaired) electrons. The topological polar surface area (TPSA) is 146 Å². The third-order valence-corrected chi connectivity index (χ3v) is 9.76. The van der Waals surface area contributed by atoms with Gasteiger partial charge in [-0.1, -0.05) is 31.7 Å².